The molecule has 2 N–H and O–H groups in total. The zero-order chi connectivity index (χ0) is 16.4. The monoisotopic (exact) mass is 365 g/mol. The van der Waals surface area contributed by atoms with Gasteiger partial charge in [0.15, 0.2) is 0 Å². The van der Waals surface area contributed by atoms with E-state index in [1.54, 1.807) is 0 Å². The number of alkyl halides is 2. The van der Waals surface area contributed by atoms with Gasteiger partial charge in [-0.05, 0) is 19.3 Å². The van der Waals surface area contributed by atoms with Gasteiger partial charge in [-0.25, -0.2) is 8.78 Å². The second kappa shape index (κ2) is 7.95. The highest BCUT2D eigenvalue weighted by molar-refractivity contribution is 5.85. The Morgan fingerprint density at radius 3 is 2.46 bits per heavy atom. The largest absolute Gasteiger partial charge is 0.350 e. The van der Waals surface area contributed by atoms with E-state index in [4.69, 9.17) is 0 Å². The van der Waals surface area contributed by atoms with E-state index in [1.165, 1.54) is 6.42 Å². The minimum absolute atomic E-state index is 0. The molecule has 3 fully saturated rings. The molecule has 2 saturated heterocycles. The fraction of sp³-hybridized carbons (Fsp3) is 0.875. The fourth-order valence-electron chi connectivity index (χ4n) is 3.89. The first kappa shape index (κ1) is 19.4. The maximum atomic E-state index is 13.1. The first-order chi connectivity index (χ1) is 10.9. The van der Waals surface area contributed by atoms with Crippen molar-refractivity contribution in [1.82, 2.24) is 15.5 Å². The predicted molar refractivity (Wildman–Crippen MR) is 88.3 cm³/mol. The van der Waals surface area contributed by atoms with Crippen LogP contribution in [0.2, 0.25) is 0 Å². The lowest BCUT2D eigenvalue weighted by Gasteiger charge is -2.26. The zero-order valence-corrected chi connectivity index (χ0v) is 14.5. The summed E-state index contributed by atoms with van der Waals surface area (Å²) < 4.78 is 26.3. The highest BCUT2D eigenvalue weighted by Crippen LogP contribution is 2.27. The number of nitrogens with zero attached hydrogens (tertiary/aromatic N) is 1. The number of carbonyl (C=O) groups excluding carboxylic acids is 2. The Labute approximate surface area is 147 Å². The summed E-state index contributed by atoms with van der Waals surface area (Å²) in [4.78, 5) is 26.4. The summed E-state index contributed by atoms with van der Waals surface area (Å²) in [6.07, 6.45) is 5.63. The van der Waals surface area contributed by atoms with E-state index in [0.717, 1.165) is 25.7 Å². The van der Waals surface area contributed by atoms with E-state index in [2.05, 4.69) is 10.6 Å². The summed E-state index contributed by atoms with van der Waals surface area (Å²) in [5.41, 5.74) is 0. The Balaban J connectivity index is 0.00000208. The first-order valence-electron chi connectivity index (χ1n) is 8.65. The fourth-order valence-corrected chi connectivity index (χ4v) is 3.89. The van der Waals surface area contributed by atoms with Crippen LogP contribution in [0.3, 0.4) is 0 Å². The van der Waals surface area contributed by atoms with E-state index in [9.17, 15) is 18.4 Å². The van der Waals surface area contributed by atoms with E-state index >= 15 is 0 Å². The van der Waals surface area contributed by atoms with Gasteiger partial charge in [0.25, 0.3) is 5.92 Å². The van der Waals surface area contributed by atoms with E-state index in [-0.39, 0.29) is 36.2 Å². The molecule has 2 unspecified atom stereocenters. The smallest absolute Gasteiger partial charge is 0.262 e. The number of rotatable bonds is 3. The van der Waals surface area contributed by atoms with Crippen LogP contribution in [-0.2, 0) is 9.59 Å². The third-order valence-corrected chi connectivity index (χ3v) is 5.23. The van der Waals surface area contributed by atoms with Crippen LogP contribution in [0.15, 0.2) is 0 Å². The summed E-state index contributed by atoms with van der Waals surface area (Å²) in [6, 6.07) is -0.945. The minimum Gasteiger partial charge on any atom is -0.350 e. The SMILES string of the molecule is Cl.O=C(NC1CCN(C(=O)C2CCCCC2)C1)C1CC(F)(F)CN1. The van der Waals surface area contributed by atoms with Crippen LogP contribution >= 0.6 is 12.4 Å². The van der Waals surface area contributed by atoms with Crippen LogP contribution in [0.1, 0.15) is 44.9 Å². The second-order valence-corrected chi connectivity index (χ2v) is 7.11. The molecule has 0 bridgehead atoms. The number of hydrogen-bond donors (Lipinski definition) is 2. The van der Waals surface area contributed by atoms with Crippen LogP contribution in [0.4, 0.5) is 8.78 Å². The highest BCUT2D eigenvalue weighted by atomic mass is 35.5. The molecule has 2 atom stereocenters. The predicted octanol–water partition coefficient (Wildman–Crippen LogP) is 1.70. The van der Waals surface area contributed by atoms with Crippen molar-refractivity contribution >= 4 is 24.2 Å². The molecule has 0 spiro atoms. The van der Waals surface area contributed by atoms with E-state index < -0.39 is 24.9 Å². The van der Waals surface area contributed by atoms with E-state index in [1.807, 2.05) is 4.90 Å². The van der Waals surface area contributed by atoms with Crippen molar-refractivity contribution in [2.75, 3.05) is 19.6 Å². The summed E-state index contributed by atoms with van der Waals surface area (Å²) in [5, 5.41) is 5.38. The van der Waals surface area contributed by atoms with Gasteiger partial charge in [0.1, 0.15) is 0 Å². The molecule has 8 heteroatoms. The number of likely N-dealkylation sites (tertiary alicyclic amines) is 1. The molecular formula is C16H26ClF2N3O2. The highest BCUT2D eigenvalue weighted by Gasteiger charge is 2.43. The summed E-state index contributed by atoms with van der Waals surface area (Å²) in [5.74, 6) is -2.85. The number of halogens is 3. The van der Waals surface area contributed by atoms with Crippen LogP contribution in [0.25, 0.3) is 0 Å². The molecule has 3 aliphatic rings. The molecule has 2 heterocycles. The van der Waals surface area contributed by atoms with Gasteiger partial charge in [-0.15, -0.1) is 12.4 Å². The molecular weight excluding hydrogens is 340 g/mol. The van der Waals surface area contributed by atoms with Gasteiger partial charge in [-0.3, -0.25) is 14.9 Å². The molecule has 24 heavy (non-hydrogen) atoms. The van der Waals surface area contributed by atoms with Crippen molar-refractivity contribution in [3.8, 4) is 0 Å². The first-order valence-corrected chi connectivity index (χ1v) is 8.65. The molecule has 1 aliphatic carbocycles. The second-order valence-electron chi connectivity index (χ2n) is 7.11. The van der Waals surface area contributed by atoms with Crippen LogP contribution in [0, 0.1) is 5.92 Å². The Morgan fingerprint density at radius 1 is 1.12 bits per heavy atom. The Bertz CT molecular complexity index is 472. The molecule has 1 saturated carbocycles. The van der Waals surface area contributed by atoms with Gasteiger partial charge >= 0.3 is 0 Å². The van der Waals surface area contributed by atoms with Gasteiger partial charge in [0.2, 0.25) is 11.8 Å². The van der Waals surface area contributed by atoms with Crippen LogP contribution in [0.5, 0.6) is 0 Å². The Hall–Kier alpha value is -0.950. The van der Waals surface area contributed by atoms with Crippen molar-refractivity contribution < 1.29 is 18.4 Å². The van der Waals surface area contributed by atoms with Gasteiger partial charge in [-0.1, -0.05) is 19.3 Å². The molecule has 2 aliphatic heterocycles. The van der Waals surface area contributed by atoms with E-state index in [0.29, 0.717) is 19.5 Å². The summed E-state index contributed by atoms with van der Waals surface area (Å²) in [7, 11) is 0. The maximum Gasteiger partial charge on any atom is 0.262 e. The lowest BCUT2D eigenvalue weighted by Crippen LogP contribution is -2.46. The number of carbonyl (C=O) groups is 2. The third kappa shape index (κ3) is 4.57. The number of amides is 2. The topological polar surface area (TPSA) is 61.4 Å². The average Bonchev–Trinajstić information content (AvgIpc) is 3.14. The normalized spacial score (nSPS) is 30.0. The Morgan fingerprint density at radius 2 is 1.83 bits per heavy atom. The average molecular weight is 366 g/mol. The van der Waals surface area contributed by atoms with Gasteiger partial charge in [0.05, 0.1) is 12.6 Å². The minimum atomic E-state index is -2.80. The van der Waals surface area contributed by atoms with Gasteiger partial charge < -0.3 is 10.2 Å². The van der Waals surface area contributed by atoms with Crippen molar-refractivity contribution in [1.29, 1.82) is 0 Å². The lowest BCUT2D eigenvalue weighted by atomic mass is 9.88. The number of nitrogens with one attached hydrogen (secondary N) is 2. The standard InChI is InChI=1S/C16H25F2N3O2.ClH/c17-16(18)8-13(19-10-16)14(22)20-12-6-7-21(9-12)15(23)11-4-2-1-3-5-11;/h11-13,19H,1-10H2,(H,20,22);1H. The van der Waals surface area contributed by atoms with Crippen molar-refractivity contribution in [3.05, 3.63) is 0 Å². The molecule has 0 aromatic rings. The van der Waals surface area contributed by atoms with Gasteiger partial charge in [0, 0.05) is 31.5 Å². The summed E-state index contributed by atoms with van der Waals surface area (Å²) in [6.45, 7) is 0.709. The number of hydrogen-bond acceptors (Lipinski definition) is 3. The third-order valence-electron chi connectivity index (χ3n) is 5.23. The maximum absolute atomic E-state index is 13.1. The van der Waals surface area contributed by atoms with Crippen molar-refractivity contribution in [3.63, 3.8) is 0 Å². The Kier molecular flexibility index (Phi) is 6.42. The molecule has 5 nitrogen and oxygen atoms in total. The molecule has 138 valence electrons. The summed E-state index contributed by atoms with van der Waals surface area (Å²) >= 11 is 0. The zero-order valence-electron chi connectivity index (χ0n) is 13.7. The van der Waals surface area contributed by atoms with Crippen LogP contribution in [-0.4, -0.2) is 54.4 Å². The van der Waals surface area contributed by atoms with Crippen molar-refractivity contribution in [2.24, 2.45) is 5.92 Å². The quantitative estimate of drug-likeness (QED) is 0.800. The molecule has 3 rings (SSSR count). The molecule has 0 aromatic heterocycles. The molecule has 2 amide bonds. The van der Waals surface area contributed by atoms with Crippen LogP contribution < -0.4 is 10.6 Å². The van der Waals surface area contributed by atoms with Crippen molar-refractivity contribution in [2.45, 2.75) is 63.0 Å². The van der Waals surface area contributed by atoms with Gasteiger partial charge in [-0.2, -0.15) is 0 Å². The lowest BCUT2D eigenvalue weighted by molar-refractivity contribution is -0.135. The molecule has 0 aromatic carbocycles. The molecule has 0 radical (unpaired) electrons.